The van der Waals surface area contributed by atoms with E-state index in [0.29, 0.717) is 38.3 Å². The molecule has 0 saturated heterocycles. The number of hydrogen-bond donors (Lipinski definition) is 1. The highest BCUT2D eigenvalue weighted by molar-refractivity contribution is 9.10. The summed E-state index contributed by atoms with van der Waals surface area (Å²) in [6.07, 6.45) is 1.40. The van der Waals surface area contributed by atoms with E-state index in [2.05, 4.69) is 21.2 Å². The van der Waals surface area contributed by atoms with Crippen LogP contribution in [0, 0.1) is 21.4 Å². The Balaban J connectivity index is 1.74. The Morgan fingerprint density at radius 2 is 1.82 bits per heavy atom. The topological polar surface area (TPSA) is 141 Å². The lowest BCUT2D eigenvalue weighted by Crippen LogP contribution is -2.13. The van der Waals surface area contributed by atoms with Crippen molar-refractivity contribution in [3.8, 4) is 17.6 Å². The van der Waals surface area contributed by atoms with E-state index >= 15 is 0 Å². The maximum Gasteiger partial charge on any atom is 0.338 e. The minimum atomic E-state index is -0.634. The number of amides is 1. The summed E-state index contributed by atoms with van der Waals surface area (Å²) >= 11 is 3.43. The number of nitrogens with one attached hydrogen (secondary N) is 1. The monoisotopic (exact) mass is 579 g/mol. The van der Waals surface area contributed by atoms with Gasteiger partial charge in [0.2, 0.25) is 0 Å². The van der Waals surface area contributed by atoms with Crippen LogP contribution >= 0.6 is 15.9 Å². The minimum Gasteiger partial charge on any atom is -0.493 e. The number of halogens is 1. The SMILES string of the molecule is CCOC(=O)c1ccc(NC(=O)/C(C#N)=C/c2cc(Br)c(OCc3ccc([N+](=O)[O-])cc3)c(OC)c2)cc1. The molecule has 0 unspecified atom stereocenters. The molecule has 0 aliphatic rings. The summed E-state index contributed by atoms with van der Waals surface area (Å²) in [6, 6.07) is 17.2. The van der Waals surface area contributed by atoms with Crippen molar-refractivity contribution in [3.05, 3.63) is 97.5 Å². The van der Waals surface area contributed by atoms with Crippen LogP contribution in [0.4, 0.5) is 11.4 Å². The van der Waals surface area contributed by atoms with Crippen LogP contribution in [0.5, 0.6) is 11.5 Å². The Kier molecular flexibility index (Phi) is 9.56. The Morgan fingerprint density at radius 3 is 2.39 bits per heavy atom. The van der Waals surface area contributed by atoms with Crippen molar-refractivity contribution >= 4 is 45.3 Å². The first-order valence-corrected chi connectivity index (χ1v) is 12.0. The van der Waals surface area contributed by atoms with Crippen LogP contribution < -0.4 is 14.8 Å². The van der Waals surface area contributed by atoms with Crippen molar-refractivity contribution < 1.29 is 28.7 Å². The average molecular weight is 580 g/mol. The number of esters is 1. The molecule has 10 nitrogen and oxygen atoms in total. The maximum absolute atomic E-state index is 12.7. The smallest absolute Gasteiger partial charge is 0.338 e. The van der Waals surface area contributed by atoms with Crippen LogP contribution in [0.3, 0.4) is 0 Å². The van der Waals surface area contributed by atoms with Crippen LogP contribution in [0.1, 0.15) is 28.4 Å². The molecule has 0 aromatic heterocycles. The molecule has 11 heteroatoms. The van der Waals surface area contributed by atoms with E-state index < -0.39 is 16.8 Å². The molecule has 1 N–H and O–H groups in total. The number of carbonyl (C=O) groups is 2. The number of non-ortho nitro benzene ring substituents is 1. The summed E-state index contributed by atoms with van der Waals surface area (Å²) < 4.78 is 16.7. The van der Waals surface area contributed by atoms with Gasteiger partial charge in [0, 0.05) is 17.8 Å². The fourth-order valence-corrected chi connectivity index (χ4v) is 3.82. The molecule has 3 rings (SSSR count). The van der Waals surface area contributed by atoms with Gasteiger partial charge in [-0.15, -0.1) is 0 Å². The van der Waals surface area contributed by atoms with Gasteiger partial charge in [-0.3, -0.25) is 14.9 Å². The van der Waals surface area contributed by atoms with E-state index in [-0.39, 0.29) is 24.5 Å². The van der Waals surface area contributed by atoms with Gasteiger partial charge in [0.1, 0.15) is 18.2 Å². The molecule has 0 fully saturated rings. The number of hydrogen-bond acceptors (Lipinski definition) is 8. The summed E-state index contributed by atoms with van der Waals surface area (Å²) in [5.74, 6) is -0.375. The van der Waals surface area contributed by atoms with E-state index in [1.807, 2.05) is 6.07 Å². The highest BCUT2D eigenvalue weighted by Crippen LogP contribution is 2.38. The van der Waals surface area contributed by atoms with Crippen LogP contribution in [0.25, 0.3) is 6.08 Å². The largest absolute Gasteiger partial charge is 0.493 e. The molecule has 0 bridgehead atoms. The van der Waals surface area contributed by atoms with Crippen LogP contribution in [-0.2, 0) is 16.1 Å². The zero-order valence-corrected chi connectivity index (χ0v) is 22.0. The van der Waals surface area contributed by atoms with Crippen LogP contribution in [0.2, 0.25) is 0 Å². The van der Waals surface area contributed by atoms with E-state index in [9.17, 15) is 25.0 Å². The van der Waals surface area contributed by atoms with Gasteiger partial charge >= 0.3 is 5.97 Å². The Morgan fingerprint density at radius 1 is 1.13 bits per heavy atom. The maximum atomic E-state index is 12.7. The number of nitriles is 1. The third-order valence-electron chi connectivity index (χ3n) is 5.11. The second-order valence-electron chi connectivity index (χ2n) is 7.67. The van der Waals surface area contributed by atoms with Gasteiger partial charge in [-0.25, -0.2) is 4.79 Å². The Bertz CT molecular complexity index is 1410. The zero-order valence-electron chi connectivity index (χ0n) is 20.4. The second kappa shape index (κ2) is 13.0. The molecule has 3 aromatic carbocycles. The number of benzene rings is 3. The lowest BCUT2D eigenvalue weighted by Gasteiger charge is -2.14. The normalized spacial score (nSPS) is 10.7. The number of nitrogens with zero attached hydrogens (tertiary/aromatic N) is 2. The van der Waals surface area contributed by atoms with E-state index in [0.717, 1.165) is 0 Å². The van der Waals surface area contributed by atoms with Gasteiger partial charge in [0.15, 0.2) is 11.5 Å². The second-order valence-corrected chi connectivity index (χ2v) is 8.52. The van der Waals surface area contributed by atoms with E-state index in [1.165, 1.54) is 49.6 Å². The van der Waals surface area contributed by atoms with E-state index in [1.54, 1.807) is 31.2 Å². The van der Waals surface area contributed by atoms with Crippen molar-refractivity contribution in [2.75, 3.05) is 19.0 Å². The number of nitro groups is 1. The molecule has 0 aliphatic heterocycles. The standard InChI is InChI=1S/C27H22BrN3O7/c1-3-37-27(33)19-6-8-21(9-7-19)30-26(32)20(15-29)12-18-13-23(28)25(24(14-18)36-2)38-16-17-4-10-22(11-5-17)31(34)35/h4-14H,3,16H2,1-2H3,(H,30,32)/b20-12+. The molecule has 0 radical (unpaired) electrons. The predicted octanol–water partition coefficient (Wildman–Crippen LogP) is 5.67. The summed E-state index contributed by atoms with van der Waals surface area (Å²) in [5, 5.41) is 23.0. The fraction of sp³-hybridized carbons (Fsp3) is 0.148. The van der Waals surface area contributed by atoms with Gasteiger partial charge in [-0.05, 0) is 88.6 Å². The molecule has 3 aromatic rings. The summed E-state index contributed by atoms with van der Waals surface area (Å²) in [7, 11) is 1.45. The molecule has 0 spiro atoms. The molecule has 0 aliphatic carbocycles. The first-order valence-electron chi connectivity index (χ1n) is 11.2. The van der Waals surface area contributed by atoms with Crippen LogP contribution in [-0.4, -0.2) is 30.5 Å². The number of nitro benzene ring substituents is 1. The summed E-state index contributed by atoms with van der Waals surface area (Å²) in [5.41, 5.74) is 1.78. The van der Waals surface area contributed by atoms with Gasteiger partial charge in [-0.1, -0.05) is 0 Å². The lowest BCUT2D eigenvalue weighted by atomic mass is 10.1. The third-order valence-corrected chi connectivity index (χ3v) is 5.70. The number of carbonyl (C=O) groups excluding carboxylic acids is 2. The van der Waals surface area contributed by atoms with Gasteiger partial charge in [0.25, 0.3) is 11.6 Å². The number of methoxy groups -OCH3 is 1. The highest BCUT2D eigenvalue weighted by atomic mass is 79.9. The summed E-state index contributed by atoms with van der Waals surface area (Å²) in [4.78, 5) is 34.8. The third kappa shape index (κ3) is 7.18. The quantitative estimate of drug-likeness (QED) is 0.106. The lowest BCUT2D eigenvalue weighted by molar-refractivity contribution is -0.384. The molecular weight excluding hydrogens is 558 g/mol. The number of ether oxygens (including phenoxy) is 3. The van der Waals surface area contributed by atoms with Crippen molar-refractivity contribution in [2.24, 2.45) is 0 Å². The summed E-state index contributed by atoms with van der Waals surface area (Å²) in [6.45, 7) is 2.09. The van der Waals surface area contributed by atoms with E-state index in [4.69, 9.17) is 14.2 Å². The zero-order chi connectivity index (χ0) is 27.7. The average Bonchev–Trinajstić information content (AvgIpc) is 2.91. The molecule has 0 atom stereocenters. The van der Waals surface area contributed by atoms with Crippen molar-refractivity contribution in [3.63, 3.8) is 0 Å². The van der Waals surface area contributed by atoms with Crippen molar-refractivity contribution in [1.29, 1.82) is 5.26 Å². The first kappa shape index (κ1) is 27.9. The molecule has 194 valence electrons. The number of rotatable bonds is 10. The predicted molar refractivity (Wildman–Crippen MR) is 143 cm³/mol. The fourth-order valence-electron chi connectivity index (χ4n) is 3.25. The molecular formula is C27H22BrN3O7. The molecule has 0 heterocycles. The minimum absolute atomic E-state index is 0.0188. The van der Waals surface area contributed by atoms with Gasteiger partial charge < -0.3 is 19.5 Å². The van der Waals surface area contributed by atoms with Gasteiger partial charge in [-0.2, -0.15) is 5.26 Å². The first-order chi connectivity index (χ1) is 18.2. The van der Waals surface area contributed by atoms with Gasteiger partial charge in [0.05, 0.1) is 28.7 Å². The highest BCUT2D eigenvalue weighted by Gasteiger charge is 2.15. The van der Waals surface area contributed by atoms with Crippen molar-refractivity contribution in [2.45, 2.75) is 13.5 Å². The molecule has 1 amide bonds. The Labute approximate surface area is 226 Å². The van der Waals surface area contributed by atoms with Crippen LogP contribution in [0.15, 0.2) is 70.7 Å². The number of anilines is 1. The molecule has 0 saturated carbocycles. The molecule has 38 heavy (non-hydrogen) atoms. The van der Waals surface area contributed by atoms with Crippen molar-refractivity contribution in [1.82, 2.24) is 0 Å². The Hall–Kier alpha value is -4.69.